The molecule has 0 amide bonds. The SMILES string of the molecule is COC(OC)[C@]1(C)Oc2ccc([N+](=O)[O-])cc2[C@@H](N(Cc2ncc[nH]2)c2ccc(Cl)cc2)[C@@H]1O. The highest BCUT2D eigenvalue weighted by atomic mass is 35.5. The van der Waals surface area contributed by atoms with E-state index in [1.54, 1.807) is 31.5 Å². The van der Waals surface area contributed by atoms with Gasteiger partial charge in [-0.05, 0) is 37.3 Å². The fourth-order valence-electron chi connectivity index (χ4n) is 4.37. The van der Waals surface area contributed by atoms with Crippen LogP contribution in [0.2, 0.25) is 5.02 Å². The van der Waals surface area contributed by atoms with E-state index < -0.39 is 29.0 Å². The molecule has 0 saturated carbocycles. The van der Waals surface area contributed by atoms with Crippen molar-refractivity contribution in [1.82, 2.24) is 9.97 Å². The number of H-pyrrole nitrogens is 1. The molecule has 0 saturated heterocycles. The third-order valence-corrected chi connectivity index (χ3v) is 6.26. The molecule has 0 fully saturated rings. The smallest absolute Gasteiger partial charge is 0.270 e. The number of aliphatic hydroxyl groups excluding tert-OH is 1. The van der Waals surface area contributed by atoms with Crippen molar-refractivity contribution in [2.75, 3.05) is 19.1 Å². The average Bonchev–Trinajstić information content (AvgIpc) is 3.33. The van der Waals surface area contributed by atoms with E-state index in [2.05, 4.69) is 9.97 Å². The zero-order chi connectivity index (χ0) is 24.5. The van der Waals surface area contributed by atoms with Crippen LogP contribution in [-0.2, 0) is 16.0 Å². The first kappa shape index (κ1) is 24.0. The molecule has 4 rings (SSSR count). The number of nitro groups is 1. The van der Waals surface area contributed by atoms with Gasteiger partial charge in [-0.3, -0.25) is 10.1 Å². The molecule has 180 valence electrons. The molecule has 1 aliphatic rings. The molecule has 2 N–H and O–H groups in total. The summed E-state index contributed by atoms with van der Waals surface area (Å²) < 4.78 is 17.1. The van der Waals surface area contributed by atoms with Gasteiger partial charge in [0.15, 0.2) is 11.9 Å². The number of hydrogen-bond acceptors (Lipinski definition) is 8. The van der Waals surface area contributed by atoms with E-state index in [4.69, 9.17) is 25.8 Å². The van der Waals surface area contributed by atoms with Crippen molar-refractivity contribution in [2.45, 2.75) is 37.5 Å². The maximum absolute atomic E-state index is 11.8. The van der Waals surface area contributed by atoms with Gasteiger partial charge in [0.1, 0.15) is 17.7 Å². The number of nitro benzene ring substituents is 1. The molecule has 11 heteroatoms. The van der Waals surface area contributed by atoms with Crippen molar-refractivity contribution in [3.63, 3.8) is 0 Å². The van der Waals surface area contributed by atoms with E-state index in [1.165, 1.54) is 32.4 Å². The zero-order valence-corrected chi connectivity index (χ0v) is 19.6. The molecule has 2 heterocycles. The molecule has 0 bridgehead atoms. The Hall–Kier alpha value is -3.18. The monoisotopic (exact) mass is 488 g/mol. The van der Waals surface area contributed by atoms with Crippen molar-refractivity contribution in [1.29, 1.82) is 0 Å². The van der Waals surface area contributed by atoms with Gasteiger partial charge in [0, 0.05) is 55.0 Å². The Kier molecular flexibility index (Phi) is 6.76. The van der Waals surface area contributed by atoms with Crippen LogP contribution in [0.1, 0.15) is 24.4 Å². The molecule has 0 unspecified atom stereocenters. The number of non-ortho nitro benzene ring substituents is 1. The van der Waals surface area contributed by atoms with Gasteiger partial charge >= 0.3 is 0 Å². The minimum Gasteiger partial charge on any atom is -0.479 e. The molecule has 0 aliphatic carbocycles. The Morgan fingerprint density at radius 3 is 2.59 bits per heavy atom. The second-order valence-electron chi connectivity index (χ2n) is 8.10. The molecular weight excluding hydrogens is 464 g/mol. The lowest BCUT2D eigenvalue weighted by atomic mass is 9.83. The van der Waals surface area contributed by atoms with Crippen LogP contribution < -0.4 is 9.64 Å². The number of benzene rings is 2. The van der Waals surface area contributed by atoms with Gasteiger partial charge in [-0.2, -0.15) is 0 Å². The zero-order valence-electron chi connectivity index (χ0n) is 18.8. The molecule has 1 aliphatic heterocycles. The summed E-state index contributed by atoms with van der Waals surface area (Å²) in [6.45, 7) is 1.94. The van der Waals surface area contributed by atoms with Crippen LogP contribution in [0.3, 0.4) is 0 Å². The van der Waals surface area contributed by atoms with Crippen molar-refractivity contribution in [3.05, 3.63) is 81.4 Å². The summed E-state index contributed by atoms with van der Waals surface area (Å²) in [7, 11) is 2.91. The lowest BCUT2D eigenvalue weighted by Gasteiger charge is -2.49. The predicted molar refractivity (Wildman–Crippen MR) is 125 cm³/mol. The number of halogens is 1. The van der Waals surface area contributed by atoms with E-state index >= 15 is 0 Å². The number of anilines is 1. The summed E-state index contributed by atoms with van der Waals surface area (Å²) >= 11 is 6.12. The molecule has 3 aromatic rings. The lowest BCUT2D eigenvalue weighted by Crippen LogP contribution is -2.62. The summed E-state index contributed by atoms with van der Waals surface area (Å²) in [4.78, 5) is 20.4. The standard InChI is InChI=1S/C23H25ClN4O6/c1-23(22(32-2)33-3)21(29)20(17-12-16(28(30)31)8-9-18(17)34-23)27(13-19-25-10-11-26-19)15-6-4-14(24)5-7-15/h4-12,20-22,29H,13H2,1-3H3,(H,25,26)/t20-,21+,23-/m1/s1. The first-order chi connectivity index (χ1) is 16.3. The highest BCUT2D eigenvalue weighted by Crippen LogP contribution is 2.47. The first-order valence-corrected chi connectivity index (χ1v) is 10.9. The fraction of sp³-hybridized carbons (Fsp3) is 0.348. The molecule has 2 aromatic carbocycles. The number of aliphatic hydroxyl groups is 1. The Morgan fingerprint density at radius 2 is 2.00 bits per heavy atom. The molecule has 0 radical (unpaired) electrons. The van der Waals surface area contributed by atoms with E-state index in [0.717, 1.165) is 5.69 Å². The lowest BCUT2D eigenvalue weighted by molar-refractivity contribution is -0.385. The summed E-state index contributed by atoms with van der Waals surface area (Å²) in [6.07, 6.45) is 1.18. The quantitative estimate of drug-likeness (QED) is 0.278. The third-order valence-electron chi connectivity index (χ3n) is 6.00. The van der Waals surface area contributed by atoms with Crippen LogP contribution in [0, 0.1) is 10.1 Å². The van der Waals surface area contributed by atoms with E-state index in [1.807, 2.05) is 17.0 Å². The average molecular weight is 489 g/mol. The maximum atomic E-state index is 11.8. The summed E-state index contributed by atoms with van der Waals surface area (Å²) in [5, 5.41) is 23.9. The number of rotatable bonds is 8. The first-order valence-electron chi connectivity index (χ1n) is 10.5. The molecule has 10 nitrogen and oxygen atoms in total. The second-order valence-corrected chi connectivity index (χ2v) is 8.53. The van der Waals surface area contributed by atoms with Crippen LogP contribution in [0.5, 0.6) is 5.75 Å². The number of nitrogens with one attached hydrogen (secondary N) is 1. The minimum absolute atomic E-state index is 0.118. The maximum Gasteiger partial charge on any atom is 0.270 e. The summed E-state index contributed by atoms with van der Waals surface area (Å²) in [6, 6.07) is 10.6. The fourth-order valence-corrected chi connectivity index (χ4v) is 4.50. The largest absolute Gasteiger partial charge is 0.479 e. The number of methoxy groups -OCH3 is 2. The van der Waals surface area contributed by atoms with Gasteiger partial charge in [-0.1, -0.05) is 11.6 Å². The highest BCUT2D eigenvalue weighted by Gasteiger charge is 2.54. The van der Waals surface area contributed by atoms with Gasteiger partial charge in [-0.15, -0.1) is 0 Å². The van der Waals surface area contributed by atoms with Crippen LogP contribution in [-0.4, -0.2) is 52.2 Å². The van der Waals surface area contributed by atoms with Crippen LogP contribution >= 0.6 is 11.6 Å². The third kappa shape index (κ3) is 4.32. The van der Waals surface area contributed by atoms with Gasteiger partial charge in [0.2, 0.25) is 0 Å². The summed E-state index contributed by atoms with van der Waals surface area (Å²) in [5.74, 6) is 1.01. The molecule has 0 spiro atoms. The number of aromatic nitrogens is 2. The Balaban J connectivity index is 1.92. The topological polar surface area (TPSA) is 123 Å². The van der Waals surface area contributed by atoms with Crippen LogP contribution in [0.25, 0.3) is 0 Å². The molecule has 3 atom stereocenters. The van der Waals surface area contributed by atoms with Crippen molar-refractivity contribution >= 4 is 23.0 Å². The molecular formula is C23H25ClN4O6. The number of imidazole rings is 1. The Labute approximate surface area is 201 Å². The predicted octanol–water partition coefficient (Wildman–Crippen LogP) is 3.85. The molecule has 1 aromatic heterocycles. The molecule has 34 heavy (non-hydrogen) atoms. The number of hydrogen-bond donors (Lipinski definition) is 2. The number of fused-ring (bicyclic) bond motifs is 1. The van der Waals surface area contributed by atoms with Gasteiger partial charge < -0.3 is 29.2 Å². The van der Waals surface area contributed by atoms with Gasteiger partial charge in [0.05, 0.1) is 17.5 Å². The van der Waals surface area contributed by atoms with Crippen molar-refractivity contribution in [3.8, 4) is 5.75 Å². The normalized spacial score (nSPS) is 21.7. The van der Waals surface area contributed by atoms with Crippen molar-refractivity contribution < 1.29 is 24.2 Å². The summed E-state index contributed by atoms with van der Waals surface area (Å²) in [5.41, 5.74) is -0.290. The van der Waals surface area contributed by atoms with Crippen LogP contribution in [0.15, 0.2) is 54.9 Å². The Bertz CT molecular complexity index is 1140. The highest BCUT2D eigenvalue weighted by molar-refractivity contribution is 6.30. The van der Waals surface area contributed by atoms with E-state index in [-0.39, 0.29) is 12.2 Å². The van der Waals surface area contributed by atoms with E-state index in [0.29, 0.717) is 22.2 Å². The van der Waals surface area contributed by atoms with Crippen LogP contribution in [0.4, 0.5) is 11.4 Å². The van der Waals surface area contributed by atoms with Gasteiger partial charge in [-0.25, -0.2) is 4.98 Å². The van der Waals surface area contributed by atoms with E-state index in [9.17, 15) is 15.2 Å². The second kappa shape index (κ2) is 9.59. The Morgan fingerprint density at radius 1 is 1.29 bits per heavy atom. The van der Waals surface area contributed by atoms with Crippen molar-refractivity contribution in [2.24, 2.45) is 0 Å². The number of nitrogens with zero attached hydrogens (tertiary/aromatic N) is 3. The minimum atomic E-state index is -1.34. The number of aromatic amines is 1. The van der Waals surface area contributed by atoms with Gasteiger partial charge in [0.25, 0.3) is 5.69 Å². The number of ether oxygens (including phenoxy) is 3.